The number of allylic oxidation sites excluding steroid dienone is 2. The molecule has 0 amide bonds. The van der Waals surface area contributed by atoms with Crippen molar-refractivity contribution in [1.82, 2.24) is 0 Å². The maximum Gasteiger partial charge on any atom is 0.273 e. The average molecular weight is 239 g/mol. The maximum atomic E-state index is 6.02. The summed E-state index contributed by atoms with van der Waals surface area (Å²) in [7, 11) is -0.598. The van der Waals surface area contributed by atoms with E-state index in [1.807, 2.05) is 0 Å². The number of hydrogen-bond donors (Lipinski definition) is 0. The van der Waals surface area contributed by atoms with Gasteiger partial charge in [-0.3, -0.25) is 0 Å². The molecular formula is C14H27OSi. The van der Waals surface area contributed by atoms with E-state index >= 15 is 0 Å². The van der Waals surface area contributed by atoms with Crippen LogP contribution < -0.4 is 0 Å². The van der Waals surface area contributed by atoms with Crippen LogP contribution >= 0.6 is 0 Å². The second kappa shape index (κ2) is 5.90. The van der Waals surface area contributed by atoms with Crippen molar-refractivity contribution in [3.63, 3.8) is 0 Å². The molecule has 1 aliphatic rings. The first kappa shape index (κ1) is 13.8. The Labute approximate surface area is 103 Å². The molecule has 1 atom stereocenters. The highest BCUT2D eigenvalue weighted by Gasteiger charge is 2.24. The van der Waals surface area contributed by atoms with E-state index in [0.717, 1.165) is 6.42 Å². The molecule has 0 saturated carbocycles. The van der Waals surface area contributed by atoms with Crippen LogP contribution in [0.1, 0.15) is 52.9 Å². The summed E-state index contributed by atoms with van der Waals surface area (Å²) in [5, 5.41) is 0. The Morgan fingerprint density at radius 3 is 2.44 bits per heavy atom. The lowest BCUT2D eigenvalue weighted by molar-refractivity contribution is 0.255. The van der Waals surface area contributed by atoms with Crippen molar-refractivity contribution in [2.75, 3.05) is 0 Å². The highest BCUT2D eigenvalue weighted by Crippen LogP contribution is 2.34. The van der Waals surface area contributed by atoms with Gasteiger partial charge < -0.3 is 4.43 Å². The topological polar surface area (TPSA) is 9.23 Å². The highest BCUT2D eigenvalue weighted by atomic mass is 28.3. The van der Waals surface area contributed by atoms with E-state index in [1.54, 1.807) is 0 Å². The van der Waals surface area contributed by atoms with Crippen LogP contribution in [0.5, 0.6) is 0 Å². The zero-order valence-corrected chi connectivity index (χ0v) is 12.6. The fourth-order valence-electron chi connectivity index (χ4n) is 2.26. The molecule has 1 nitrogen and oxygen atoms in total. The Balaban J connectivity index is 2.76. The summed E-state index contributed by atoms with van der Waals surface area (Å²) in [5.41, 5.74) is 0.375. The van der Waals surface area contributed by atoms with E-state index in [9.17, 15) is 0 Å². The first-order chi connectivity index (χ1) is 7.39. The summed E-state index contributed by atoms with van der Waals surface area (Å²) in [6.45, 7) is 11.5. The van der Waals surface area contributed by atoms with Crippen LogP contribution in [0.25, 0.3) is 0 Å². The van der Waals surface area contributed by atoms with Crippen molar-refractivity contribution in [1.29, 1.82) is 0 Å². The fourth-order valence-corrected chi connectivity index (χ4v) is 2.96. The van der Waals surface area contributed by atoms with Gasteiger partial charge >= 0.3 is 0 Å². The van der Waals surface area contributed by atoms with Crippen molar-refractivity contribution in [3.8, 4) is 0 Å². The van der Waals surface area contributed by atoms with Gasteiger partial charge in [0.15, 0.2) is 0 Å². The zero-order chi connectivity index (χ0) is 12.2. The van der Waals surface area contributed by atoms with Gasteiger partial charge in [0, 0.05) is 6.42 Å². The Hall–Kier alpha value is -0.243. The third-order valence-electron chi connectivity index (χ3n) is 3.27. The summed E-state index contributed by atoms with van der Waals surface area (Å²) in [4.78, 5) is 0. The van der Waals surface area contributed by atoms with Crippen molar-refractivity contribution in [2.45, 2.75) is 66.0 Å². The minimum absolute atomic E-state index is 0.375. The lowest BCUT2D eigenvalue weighted by atomic mass is 9.76. The van der Waals surface area contributed by atoms with Crippen LogP contribution in [0.3, 0.4) is 0 Å². The molecule has 1 radical (unpaired) electrons. The second-order valence-electron chi connectivity index (χ2n) is 6.22. The largest absolute Gasteiger partial charge is 0.546 e. The minimum atomic E-state index is -0.598. The molecule has 1 unspecified atom stereocenters. The van der Waals surface area contributed by atoms with Crippen molar-refractivity contribution < 1.29 is 4.43 Å². The molecule has 1 aliphatic carbocycles. The van der Waals surface area contributed by atoms with Gasteiger partial charge in [-0.15, -0.1) is 0 Å². The predicted molar refractivity (Wildman–Crippen MR) is 72.7 cm³/mol. The van der Waals surface area contributed by atoms with E-state index in [2.05, 4.69) is 39.9 Å². The molecule has 0 saturated heterocycles. The Morgan fingerprint density at radius 2 is 1.88 bits per heavy atom. The van der Waals surface area contributed by atoms with E-state index in [4.69, 9.17) is 4.43 Å². The van der Waals surface area contributed by atoms with Gasteiger partial charge in [-0.05, 0) is 43.3 Å². The molecular weight excluding hydrogens is 212 g/mol. The molecule has 0 aromatic heterocycles. The molecule has 0 aromatic carbocycles. The molecule has 1 rings (SSSR count). The summed E-state index contributed by atoms with van der Waals surface area (Å²) in [6.07, 6.45) is 8.95. The van der Waals surface area contributed by atoms with E-state index in [0.29, 0.717) is 11.3 Å². The maximum absolute atomic E-state index is 6.02. The van der Waals surface area contributed by atoms with Gasteiger partial charge in [0.05, 0.1) is 5.76 Å². The molecule has 0 fully saturated rings. The molecule has 0 heterocycles. The van der Waals surface area contributed by atoms with Gasteiger partial charge in [-0.25, -0.2) is 0 Å². The lowest BCUT2D eigenvalue weighted by Gasteiger charge is -2.30. The van der Waals surface area contributed by atoms with Crippen LogP contribution in [-0.2, 0) is 4.43 Å². The first-order valence-corrected chi connectivity index (χ1v) is 8.99. The van der Waals surface area contributed by atoms with Crippen molar-refractivity contribution in [2.24, 2.45) is 11.3 Å². The smallest absolute Gasteiger partial charge is 0.273 e. The predicted octanol–water partition coefficient (Wildman–Crippen LogP) is 4.76. The van der Waals surface area contributed by atoms with Crippen LogP contribution in [0.4, 0.5) is 0 Å². The van der Waals surface area contributed by atoms with Crippen molar-refractivity contribution >= 4 is 9.04 Å². The fraction of sp³-hybridized carbons (Fsp3) is 0.857. The van der Waals surface area contributed by atoms with Crippen molar-refractivity contribution in [3.05, 3.63) is 11.8 Å². The van der Waals surface area contributed by atoms with Gasteiger partial charge in [0.25, 0.3) is 9.04 Å². The highest BCUT2D eigenvalue weighted by molar-refractivity contribution is 6.48. The van der Waals surface area contributed by atoms with Gasteiger partial charge in [-0.2, -0.15) is 0 Å². The van der Waals surface area contributed by atoms with Gasteiger partial charge in [0.1, 0.15) is 0 Å². The zero-order valence-electron chi connectivity index (χ0n) is 11.6. The monoisotopic (exact) mass is 239 g/mol. The molecule has 2 heteroatoms. The summed E-state index contributed by atoms with van der Waals surface area (Å²) >= 11 is 0. The van der Waals surface area contributed by atoms with Crippen LogP contribution in [-0.4, -0.2) is 9.04 Å². The molecule has 0 N–H and O–H groups in total. The Kier molecular flexibility index (Phi) is 5.10. The minimum Gasteiger partial charge on any atom is -0.546 e. The molecule has 0 spiro atoms. The third kappa shape index (κ3) is 4.73. The standard InChI is InChI=1S/C14H27OSi/c1-14(2,3)12-9-7-6-8-10-13(11-12)15-16(4)5/h11-12H,6-10H2,1-5H3/b13-11+. The molecule has 16 heavy (non-hydrogen) atoms. The SMILES string of the molecule is C[Si](C)O/C1=C/C(C(C)(C)C)CCCCC1. The van der Waals surface area contributed by atoms with E-state index in [-0.39, 0.29) is 0 Å². The van der Waals surface area contributed by atoms with Crippen LogP contribution in [0.15, 0.2) is 11.8 Å². The quantitative estimate of drug-likeness (QED) is 0.631. The van der Waals surface area contributed by atoms with Gasteiger partial charge in [0.2, 0.25) is 0 Å². The van der Waals surface area contributed by atoms with Crippen LogP contribution in [0.2, 0.25) is 13.1 Å². The average Bonchev–Trinajstić information content (AvgIpc) is 2.06. The summed E-state index contributed by atoms with van der Waals surface area (Å²) < 4.78 is 6.02. The first-order valence-electron chi connectivity index (χ1n) is 6.58. The van der Waals surface area contributed by atoms with E-state index < -0.39 is 9.04 Å². The lowest BCUT2D eigenvalue weighted by Crippen LogP contribution is -2.21. The number of rotatable bonds is 2. The normalized spacial score (nSPS) is 26.9. The van der Waals surface area contributed by atoms with E-state index in [1.165, 1.54) is 31.4 Å². The van der Waals surface area contributed by atoms with Crippen LogP contribution in [0, 0.1) is 11.3 Å². The van der Waals surface area contributed by atoms with Gasteiger partial charge in [-0.1, -0.05) is 33.6 Å². The molecule has 0 bridgehead atoms. The number of hydrogen-bond acceptors (Lipinski definition) is 1. The second-order valence-corrected chi connectivity index (χ2v) is 8.24. The molecule has 0 aliphatic heterocycles. The Morgan fingerprint density at radius 1 is 1.19 bits per heavy atom. The molecule has 0 aromatic rings. The third-order valence-corrected chi connectivity index (χ3v) is 3.94. The summed E-state index contributed by atoms with van der Waals surface area (Å²) in [5.74, 6) is 1.96. The molecule has 93 valence electrons. The Bertz CT molecular complexity index is 238. The summed E-state index contributed by atoms with van der Waals surface area (Å²) in [6, 6.07) is 0.